The van der Waals surface area contributed by atoms with E-state index in [-0.39, 0.29) is 17.4 Å². The highest BCUT2D eigenvalue weighted by atomic mass is 19.4. The molecular weight excluding hydrogens is 299 g/mol. The number of carbonyl (C=O) groups is 1. The highest BCUT2D eigenvalue weighted by Crippen LogP contribution is 2.34. The lowest BCUT2D eigenvalue weighted by Crippen LogP contribution is -2.35. The second kappa shape index (κ2) is 5.51. The van der Waals surface area contributed by atoms with Gasteiger partial charge in [0.05, 0.1) is 7.11 Å². The van der Waals surface area contributed by atoms with E-state index in [4.69, 9.17) is 4.74 Å². The molecule has 0 saturated heterocycles. The number of alkyl halides is 3. The van der Waals surface area contributed by atoms with Crippen LogP contribution >= 0.6 is 0 Å². The minimum atomic E-state index is -4.74. The van der Waals surface area contributed by atoms with E-state index in [1.807, 2.05) is 0 Å². The standard InChI is InChI=1S/C14H16F3N3O2/c1-8(2)19(3)13(21)10-11(14(15,16)17)18-12-9(22-4)6-5-7-20(10)12/h5-8H,1-4H3. The van der Waals surface area contributed by atoms with Crippen LogP contribution in [0.5, 0.6) is 5.75 Å². The van der Waals surface area contributed by atoms with Crippen LogP contribution in [0.1, 0.15) is 30.0 Å². The molecule has 2 aromatic heterocycles. The topological polar surface area (TPSA) is 46.8 Å². The van der Waals surface area contributed by atoms with Crippen LogP contribution in [0, 0.1) is 0 Å². The highest BCUT2D eigenvalue weighted by Gasteiger charge is 2.41. The molecule has 1 amide bonds. The van der Waals surface area contributed by atoms with E-state index in [1.165, 1.54) is 37.4 Å². The maximum atomic E-state index is 13.3. The Hall–Kier alpha value is -2.25. The van der Waals surface area contributed by atoms with Gasteiger partial charge in [0.15, 0.2) is 17.1 Å². The molecule has 0 N–H and O–H groups in total. The number of rotatable bonds is 3. The van der Waals surface area contributed by atoms with Crippen molar-refractivity contribution in [3.63, 3.8) is 0 Å². The Labute approximate surface area is 125 Å². The zero-order valence-corrected chi connectivity index (χ0v) is 12.6. The molecule has 0 atom stereocenters. The predicted molar refractivity (Wildman–Crippen MR) is 74.0 cm³/mol. The Kier molecular flexibility index (Phi) is 4.04. The van der Waals surface area contributed by atoms with Gasteiger partial charge in [0.1, 0.15) is 5.69 Å². The van der Waals surface area contributed by atoms with Crippen molar-refractivity contribution in [2.24, 2.45) is 0 Å². The molecule has 8 heteroatoms. The van der Waals surface area contributed by atoms with Gasteiger partial charge in [0, 0.05) is 19.3 Å². The molecule has 0 radical (unpaired) electrons. The van der Waals surface area contributed by atoms with E-state index in [9.17, 15) is 18.0 Å². The Morgan fingerprint density at radius 2 is 2.05 bits per heavy atom. The molecule has 120 valence electrons. The van der Waals surface area contributed by atoms with E-state index in [2.05, 4.69) is 4.98 Å². The number of amides is 1. The van der Waals surface area contributed by atoms with Gasteiger partial charge >= 0.3 is 6.18 Å². The molecular formula is C14H16F3N3O2. The molecule has 0 fully saturated rings. The maximum Gasteiger partial charge on any atom is 0.435 e. The van der Waals surface area contributed by atoms with Crippen LogP contribution in [0.2, 0.25) is 0 Å². The summed E-state index contributed by atoms with van der Waals surface area (Å²) in [6.07, 6.45) is -3.37. The van der Waals surface area contributed by atoms with Crippen LogP contribution in [0.3, 0.4) is 0 Å². The van der Waals surface area contributed by atoms with Crippen LogP contribution in [0.4, 0.5) is 13.2 Å². The quantitative estimate of drug-likeness (QED) is 0.875. The summed E-state index contributed by atoms with van der Waals surface area (Å²) in [5.74, 6) is -0.581. The number of nitrogens with zero attached hydrogens (tertiary/aromatic N) is 3. The van der Waals surface area contributed by atoms with Gasteiger partial charge in [0.25, 0.3) is 5.91 Å². The van der Waals surface area contributed by atoms with Crippen molar-refractivity contribution in [1.29, 1.82) is 0 Å². The average Bonchev–Trinajstić information content (AvgIpc) is 2.84. The molecule has 0 spiro atoms. The summed E-state index contributed by atoms with van der Waals surface area (Å²) < 4.78 is 45.9. The van der Waals surface area contributed by atoms with Crippen molar-refractivity contribution >= 4 is 11.6 Å². The number of pyridine rings is 1. The first-order chi connectivity index (χ1) is 10.2. The number of carbonyl (C=O) groups excluding carboxylic acids is 1. The average molecular weight is 315 g/mol. The fourth-order valence-electron chi connectivity index (χ4n) is 2.01. The SMILES string of the molecule is COc1cccn2c(C(=O)N(C)C(C)C)c(C(F)(F)F)nc12. The number of aromatic nitrogens is 2. The molecule has 0 aliphatic carbocycles. The van der Waals surface area contributed by atoms with Gasteiger partial charge in [-0.1, -0.05) is 0 Å². The molecule has 0 aromatic carbocycles. The first-order valence-corrected chi connectivity index (χ1v) is 6.58. The van der Waals surface area contributed by atoms with Crippen molar-refractivity contribution in [1.82, 2.24) is 14.3 Å². The zero-order chi connectivity index (χ0) is 16.7. The molecule has 2 rings (SSSR count). The van der Waals surface area contributed by atoms with Crippen LogP contribution < -0.4 is 4.74 Å². The normalized spacial score (nSPS) is 12.0. The van der Waals surface area contributed by atoms with E-state index < -0.39 is 23.5 Å². The third-order valence-electron chi connectivity index (χ3n) is 3.40. The van der Waals surface area contributed by atoms with E-state index >= 15 is 0 Å². The Morgan fingerprint density at radius 1 is 1.41 bits per heavy atom. The third kappa shape index (κ3) is 2.60. The Morgan fingerprint density at radius 3 is 2.55 bits per heavy atom. The number of hydrogen-bond acceptors (Lipinski definition) is 3. The summed E-state index contributed by atoms with van der Waals surface area (Å²) in [6, 6.07) is 2.74. The minimum absolute atomic E-state index is 0.0437. The summed E-state index contributed by atoms with van der Waals surface area (Å²) in [6.45, 7) is 3.43. The largest absolute Gasteiger partial charge is 0.493 e. The number of halogens is 3. The summed E-state index contributed by atoms with van der Waals surface area (Å²) in [4.78, 5) is 17.3. The van der Waals surface area contributed by atoms with Crippen molar-refractivity contribution in [2.45, 2.75) is 26.1 Å². The predicted octanol–water partition coefficient (Wildman–Crippen LogP) is 2.84. The second-order valence-corrected chi connectivity index (χ2v) is 5.09. The number of hydrogen-bond donors (Lipinski definition) is 0. The fraction of sp³-hybridized carbons (Fsp3) is 0.429. The first-order valence-electron chi connectivity index (χ1n) is 6.58. The van der Waals surface area contributed by atoms with Crippen molar-refractivity contribution < 1.29 is 22.7 Å². The van der Waals surface area contributed by atoms with Gasteiger partial charge in [-0.15, -0.1) is 0 Å². The van der Waals surface area contributed by atoms with E-state index in [0.29, 0.717) is 0 Å². The van der Waals surface area contributed by atoms with Gasteiger partial charge in [0.2, 0.25) is 0 Å². The van der Waals surface area contributed by atoms with Gasteiger partial charge in [-0.2, -0.15) is 13.2 Å². The molecule has 2 aromatic rings. The van der Waals surface area contributed by atoms with Gasteiger partial charge < -0.3 is 9.64 Å². The molecule has 22 heavy (non-hydrogen) atoms. The van der Waals surface area contributed by atoms with Crippen molar-refractivity contribution in [3.8, 4) is 5.75 Å². The molecule has 0 aliphatic heterocycles. The monoisotopic (exact) mass is 315 g/mol. The van der Waals surface area contributed by atoms with Crippen LogP contribution in [-0.2, 0) is 6.18 Å². The summed E-state index contributed by atoms with van der Waals surface area (Å²) in [5.41, 5.74) is -1.77. The van der Waals surface area contributed by atoms with Crippen molar-refractivity contribution in [3.05, 3.63) is 29.7 Å². The third-order valence-corrected chi connectivity index (χ3v) is 3.40. The van der Waals surface area contributed by atoms with Crippen LogP contribution in [-0.4, -0.2) is 40.4 Å². The van der Waals surface area contributed by atoms with Gasteiger partial charge in [-0.3, -0.25) is 9.20 Å². The fourth-order valence-corrected chi connectivity index (χ4v) is 2.01. The second-order valence-electron chi connectivity index (χ2n) is 5.09. The van der Waals surface area contributed by atoms with Crippen molar-refractivity contribution in [2.75, 3.05) is 14.2 Å². The Bertz CT molecular complexity index is 707. The zero-order valence-electron chi connectivity index (χ0n) is 12.6. The first kappa shape index (κ1) is 16.1. The highest BCUT2D eigenvalue weighted by molar-refractivity contribution is 5.95. The van der Waals surface area contributed by atoms with Gasteiger partial charge in [-0.05, 0) is 26.0 Å². The molecule has 2 heterocycles. The lowest BCUT2D eigenvalue weighted by atomic mass is 10.2. The van der Waals surface area contributed by atoms with Crippen LogP contribution in [0.25, 0.3) is 5.65 Å². The smallest absolute Gasteiger partial charge is 0.435 e. The van der Waals surface area contributed by atoms with E-state index in [0.717, 1.165) is 4.40 Å². The lowest BCUT2D eigenvalue weighted by molar-refractivity contribution is -0.141. The summed E-state index contributed by atoms with van der Waals surface area (Å²) >= 11 is 0. The molecule has 0 aliphatic rings. The minimum Gasteiger partial charge on any atom is -0.493 e. The molecule has 0 unspecified atom stereocenters. The maximum absolute atomic E-state index is 13.3. The lowest BCUT2D eigenvalue weighted by Gasteiger charge is -2.22. The number of ether oxygens (including phenoxy) is 1. The Balaban J connectivity index is 2.77. The number of fused-ring (bicyclic) bond motifs is 1. The molecule has 0 bridgehead atoms. The van der Waals surface area contributed by atoms with Crippen LogP contribution in [0.15, 0.2) is 18.3 Å². The van der Waals surface area contributed by atoms with Gasteiger partial charge in [-0.25, -0.2) is 4.98 Å². The molecule has 0 saturated carbocycles. The van der Waals surface area contributed by atoms with E-state index in [1.54, 1.807) is 13.8 Å². The number of imidazole rings is 1. The molecule has 5 nitrogen and oxygen atoms in total. The summed E-state index contributed by atoms with van der Waals surface area (Å²) in [5, 5.41) is 0. The summed E-state index contributed by atoms with van der Waals surface area (Å²) in [7, 11) is 2.78. The number of methoxy groups -OCH3 is 1.